The van der Waals surface area contributed by atoms with Crippen molar-refractivity contribution in [3.05, 3.63) is 76.4 Å². The molecule has 1 aliphatic heterocycles. The van der Waals surface area contributed by atoms with Crippen molar-refractivity contribution in [2.45, 2.75) is 0 Å². The number of hydrogen-bond acceptors (Lipinski definition) is 4. The van der Waals surface area contributed by atoms with Crippen LogP contribution in [0.25, 0.3) is 10.4 Å². The van der Waals surface area contributed by atoms with Crippen LogP contribution in [-0.2, 0) is 4.79 Å². The second-order valence-corrected chi connectivity index (χ2v) is 8.76. The standard InChI is InChI=1S/C23H21ClFN3O2S/c24-18-3-1-2-4-19(18)26-22(29)15-27-11-13-28(14-12-27)23(30)21-10-9-20(31-21)16-5-7-17(25)8-6-16/h1-10H,11-15H2,(H,26,29). The average Bonchev–Trinajstić information content (AvgIpc) is 3.26. The summed E-state index contributed by atoms with van der Waals surface area (Å²) in [5.74, 6) is -0.427. The SMILES string of the molecule is O=C(CN1CCN(C(=O)c2ccc(-c3ccc(F)cc3)s2)CC1)Nc1ccccc1Cl. The van der Waals surface area contributed by atoms with E-state index in [1.807, 2.05) is 34.1 Å². The third-order valence-corrected chi connectivity index (χ3v) is 6.57. The molecule has 2 heterocycles. The van der Waals surface area contributed by atoms with Crippen molar-refractivity contribution >= 4 is 40.4 Å². The Kier molecular flexibility index (Phi) is 6.65. The highest BCUT2D eigenvalue weighted by atomic mass is 35.5. The largest absolute Gasteiger partial charge is 0.335 e. The maximum Gasteiger partial charge on any atom is 0.264 e. The van der Waals surface area contributed by atoms with Gasteiger partial charge in [0.1, 0.15) is 5.82 Å². The predicted octanol–water partition coefficient (Wildman–Crippen LogP) is 4.60. The zero-order valence-corrected chi connectivity index (χ0v) is 18.3. The lowest BCUT2D eigenvalue weighted by Gasteiger charge is -2.34. The van der Waals surface area contributed by atoms with Gasteiger partial charge in [0.2, 0.25) is 5.91 Å². The fourth-order valence-electron chi connectivity index (χ4n) is 3.44. The van der Waals surface area contributed by atoms with E-state index in [2.05, 4.69) is 5.32 Å². The van der Waals surface area contributed by atoms with Crippen molar-refractivity contribution in [1.29, 1.82) is 0 Å². The summed E-state index contributed by atoms with van der Waals surface area (Å²) in [5.41, 5.74) is 1.48. The van der Waals surface area contributed by atoms with Gasteiger partial charge < -0.3 is 10.2 Å². The normalized spacial score (nSPS) is 14.5. The highest BCUT2D eigenvalue weighted by molar-refractivity contribution is 7.17. The van der Waals surface area contributed by atoms with E-state index >= 15 is 0 Å². The number of amides is 2. The molecule has 0 atom stereocenters. The summed E-state index contributed by atoms with van der Waals surface area (Å²) < 4.78 is 13.1. The van der Waals surface area contributed by atoms with Crippen LogP contribution < -0.4 is 5.32 Å². The Labute approximate surface area is 189 Å². The van der Waals surface area contributed by atoms with E-state index in [1.54, 1.807) is 24.3 Å². The molecule has 0 unspecified atom stereocenters. The topological polar surface area (TPSA) is 52.7 Å². The lowest BCUT2D eigenvalue weighted by molar-refractivity contribution is -0.117. The third-order valence-electron chi connectivity index (χ3n) is 5.12. The first kappa shape index (κ1) is 21.5. The van der Waals surface area contributed by atoms with Crippen LogP contribution in [0.4, 0.5) is 10.1 Å². The van der Waals surface area contributed by atoms with Crippen LogP contribution in [0.15, 0.2) is 60.7 Å². The molecule has 0 radical (unpaired) electrons. The Morgan fingerprint density at radius 1 is 0.968 bits per heavy atom. The van der Waals surface area contributed by atoms with Gasteiger partial charge in [-0.15, -0.1) is 11.3 Å². The lowest BCUT2D eigenvalue weighted by Crippen LogP contribution is -2.50. The Balaban J connectivity index is 1.29. The Hall–Kier alpha value is -2.74. The summed E-state index contributed by atoms with van der Waals surface area (Å²) in [7, 11) is 0. The number of para-hydroxylation sites is 1. The quantitative estimate of drug-likeness (QED) is 0.609. The molecule has 31 heavy (non-hydrogen) atoms. The van der Waals surface area contributed by atoms with Gasteiger partial charge in [-0.3, -0.25) is 14.5 Å². The molecule has 4 rings (SSSR count). The van der Waals surface area contributed by atoms with Crippen molar-refractivity contribution in [3.63, 3.8) is 0 Å². The van der Waals surface area contributed by atoms with Crippen LogP contribution in [0.2, 0.25) is 5.02 Å². The number of rotatable bonds is 5. The molecule has 3 aromatic rings. The van der Waals surface area contributed by atoms with Crippen molar-refractivity contribution in [3.8, 4) is 10.4 Å². The first-order valence-electron chi connectivity index (χ1n) is 9.91. The number of hydrogen-bond donors (Lipinski definition) is 1. The number of halogens is 2. The van der Waals surface area contributed by atoms with Crippen LogP contribution in [-0.4, -0.2) is 54.3 Å². The van der Waals surface area contributed by atoms with Crippen LogP contribution in [0.5, 0.6) is 0 Å². The number of nitrogens with zero attached hydrogens (tertiary/aromatic N) is 2. The molecule has 5 nitrogen and oxygen atoms in total. The summed E-state index contributed by atoms with van der Waals surface area (Å²) in [6, 6.07) is 17.1. The van der Waals surface area contributed by atoms with E-state index in [9.17, 15) is 14.0 Å². The first-order chi connectivity index (χ1) is 15.0. The van der Waals surface area contributed by atoms with Gasteiger partial charge in [0.15, 0.2) is 0 Å². The molecule has 0 saturated carbocycles. The molecule has 160 valence electrons. The number of benzene rings is 2. The van der Waals surface area contributed by atoms with Crippen molar-refractivity contribution in [2.24, 2.45) is 0 Å². The molecular formula is C23H21ClFN3O2S. The van der Waals surface area contributed by atoms with Crippen molar-refractivity contribution in [2.75, 3.05) is 38.0 Å². The summed E-state index contributed by atoms with van der Waals surface area (Å²) in [6.45, 7) is 2.61. The number of carbonyl (C=O) groups excluding carboxylic acids is 2. The number of piperazine rings is 1. The van der Waals surface area contributed by atoms with Crippen LogP contribution in [0.3, 0.4) is 0 Å². The van der Waals surface area contributed by atoms with Gasteiger partial charge in [0.05, 0.1) is 22.1 Å². The molecule has 0 aliphatic carbocycles. The van der Waals surface area contributed by atoms with E-state index in [0.29, 0.717) is 41.8 Å². The maximum absolute atomic E-state index is 13.1. The van der Waals surface area contributed by atoms with Crippen LogP contribution in [0, 0.1) is 5.82 Å². The van der Waals surface area contributed by atoms with Crippen LogP contribution in [0.1, 0.15) is 9.67 Å². The minimum absolute atomic E-state index is 0.0152. The van der Waals surface area contributed by atoms with Crippen molar-refractivity contribution < 1.29 is 14.0 Å². The molecule has 1 saturated heterocycles. The monoisotopic (exact) mass is 457 g/mol. The van der Waals surface area contributed by atoms with Gasteiger partial charge in [-0.05, 0) is 42.0 Å². The zero-order valence-electron chi connectivity index (χ0n) is 16.7. The first-order valence-corrected chi connectivity index (χ1v) is 11.1. The number of carbonyl (C=O) groups is 2. The fourth-order valence-corrected chi connectivity index (χ4v) is 4.60. The van der Waals surface area contributed by atoms with E-state index in [4.69, 9.17) is 11.6 Å². The molecule has 0 bridgehead atoms. The average molecular weight is 458 g/mol. The second kappa shape index (κ2) is 9.60. The highest BCUT2D eigenvalue weighted by Crippen LogP contribution is 2.29. The highest BCUT2D eigenvalue weighted by Gasteiger charge is 2.24. The summed E-state index contributed by atoms with van der Waals surface area (Å²) in [6.07, 6.45) is 0. The second-order valence-electron chi connectivity index (χ2n) is 7.27. The van der Waals surface area contributed by atoms with Gasteiger partial charge in [-0.2, -0.15) is 0 Å². The molecule has 1 aliphatic rings. The fraction of sp³-hybridized carbons (Fsp3) is 0.217. The summed E-state index contributed by atoms with van der Waals surface area (Å²) in [4.78, 5) is 30.6. The number of anilines is 1. The Morgan fingerprint density at radius 3 is 2.39 bits per heavy atom. The molecular weight excluding hydrogens is 437 g/mol. The summed E-state index contributed by atoms with van der Waals surface area (Å²) in [5, 5.41) is 3.33. The minimum Gasteiger partial charge on any atom is -0.335 e. The van der Waals surface area contributed by atoms with E-state index in [-0.39, 0.29) is 24.2 Å². The smallest absolute Gasteiger partial charge is 0.264 e. The molecule has 2 amide bonds. The van der Waals surface area contributed by atoms with Crippen LogP contribution >= 0.6 is 22.9 Å². The third kappa shape index (κ3) is 5.31. The summed E-state index contributed by atoms with van der Waals surface area (Å²) >= 11 is 7.49. The van der Waals surface area contributed by atoms with Crippen molar-refractivity contribution in [1.82, 2.24) is 9.80 Å². The molecule has 1 fully saturated rings. The molecule has 0 spiro atoms. The van der Waals surface area contributed by atoms with Gasteiger partial charge in [0.25, 0.3) is 5.91 Å². The van der Waals surface area contributed by atoms with E-state index in [0.717, 1.165) is 10.4 Å². The number of nitrogens with one attached hydrogen (secondary N) is 1. The maximum atomic E-state index is 13.1. The Bertz CT molecular complexity index is 1080. The van der Waals surface area contributed by atoms with E-state index < -0.39 is 0 Å². The molecule has 8 heteroatoms. The van der Waals surface area contributed by atoms with Gasteiger partial charge in [-0.1, -0.05) is 35.9 Å². The minimum atomic E-state index is -0.282. The zero-order chi connectivity index (χ0) is 21.8. The van der Waals surface area contributed by atoms with Gasteiger partial charge >= 0.3 is 0 Å². The molecule has 1 N–H and O–H groups in total. The van der Waals surface area contributed by atoms with E-state index in [1.165, 1.54) is 23.5 Å². The predicted molar refractivity (Wildman–Crippen MR) is 122 cm³/mol. The molecule has 2 aromatic carbocycles. The van der Waals surface area contributed by atoms with Gasteiger partial charge in [-0.25, -0.2) is 4.39 Å². The molecule has 1 aromatic heterocycles. The Morgan fingerprint density at radius 2 is 1.68 bits per heavy atom. The van der Waals surface area contributed by atoms with Gasteiger partial charge in [0, 0.05) is 31.1 Å². The lowest BCUT2D eigenvalue weighted by atomic mass is 10.2. The number of thiophene rings is 1.